The number of aryl methyl sites for hydroxylation is 10. The van der Waals surface area contributed by atoms with E-state index in [4.69, 9.17) is 0 Å². The van der Waals surface area contributed by atoms with E-state index in [0.717, 1.165) is 0 Å². The molecule has 0 N–H and O–H groups in total. The maximum atomic E-state index is 2.41. The monoisotopic (exact) mass is 1500 g/mol. The highest BCUT2D eigenvalue weighted by Gasteiger charge is 2.53. The first kappa shape index (κ1) is 72.1. The van der Waals surface area contributed by atoms with Gasteiger partial charge < -0.3 is 13.7 Å². The van der Waals surface area contributed by atoms with Gasteiger partial charge in [0.15, 0.2) is 0 Å². The molecule has 0 fully saturated rings. The lowest BCUT2D eigenvalue weighted by Gasteiger charge is -2.30. The quantitative estimate of drug-likeness (QED) is 0.167. The van der Waals surface area contributed by atoms with Crippen LogP contribution in [0.2, 0.25) is 0 Å². The molecule has 117 heavy (non-hydrogen) atoms. The minimum atomic E-state index is -0.199. The first-order valence-corrected chi connectivity index (χ1v) is 41.2. The summed E-state index contributed by atoms with van der Waals surface area (Å²) < 4.78 is 7.09. The average Bonchev–Trinajstić information content (AvgIpc) is 1.50. The summed E-state index contributed by atoms with van der Waals surface area (Å²) in [5.41, 5.74) is 46.6. The van der Waals surface area contributed by atoms with E-state index in [0.29, 0.717) is 0 Å². The smallest absolute Gasteiger partial charge is 0.0725 e. The first-order chi connectivity index (χ1) is 57.2. The average molecular weight is 1500 g/mol. The Morgan fingerprint density at radius 3 is 1.06 bits per heavy atom. The zero-order chi connectivity index (χ0) is 79.5. The van der Waals surface area contributed by atoms with Crippen molar-refractivity contribution < 1.29 is 0 Å². The van der Waals surface area contributed by atoms with Crippen molar-refractivity contribution in [3.05, 3.63) is 470 Å². The van der Waals surface area contributed by atoms with Crippen molar-refractivity contribution >= 4 is 65.4 Å². The van der Waals surface area contributed by atoms with Gasteiger partial charge in [-0.05, 0) is 265 Å². The first-order valence-electron chi connectivity index (χ1n) is 41.2. The number of benzene rings is 17. The fourth-order valence-corrected chi connectivity index (χ4v) is 20.4. The Labute approximate surface area is 686 Å². The summed E-state index contributed by atoms with van der Waals surface area (Å²) in [6.07, 6.45) is 0. The molecule has 0 bridgehead atoms. The van der Waals surface area contributed by atoms with E-state index in [-0.39, 0.29) is 10.8 Å². The van der Waals surface area contributed by atoms with E-state index in [1.165, 1.54) is 227 Å². The Hall–Kier alpha value is -13.9. The third kappa shape index (κ3) is 11.4. The van der Waals surface area contributed by atoms with Gasteiger partial charge in [0.1, 0.15) is 0 Å². The Bertz CT molecular complexity index is 7190. The van der Waals surface area contributed by atoms with Gasteiger partial charge in [0.05, 0.1) is 43.9 Å². The van der Waals surface area contributed by atoms with Gasteiger partial charge in [0.25, 0.3) is 0 Å². The maximum absolute atomic E-state index is 2.41. The Morgan fingerprint density at radius 1 is 0.179 bits per heavy atom. The van der Waals surface area contributed by atoms with Crippen LogP contribution < -0.4 is 0 Å². The van der Waals surface area contributed by atoms with Crippen LogP contribution in [0.1, 0.15) is 100 Å². The van der Waals surface area contributed by atoms with Crippen LogP contribution in [-0.4, -0.2) is 13.7 Å². The molecule has 4 aliphatic carbocycles. The van der Waals surface area contributed by atoms with Crippen molar-refractivity contribution in [3.8, 4) is 61.6 Å². The molecule has 0 amide bonds. The highest BCUT2D eigenvalue weighted by atomic mass is 15.0. The van der Waals surface area contributed by atoms with Crippen LogP contribution in [0, 0.1) is 69.2 Å². The van der Waals surface area contributed by atoms with Crippen molar-refractivity contribution in [3.63, 3.8) is 0 Å². The summed E-state index contributed by atoms with van der Waals surface area (Å²) >= 11 is 0. The summed E-state index contributed by atoms with van der Waals surface area (Å²) in [5, 5.41) is 7.97. The molecular weight excluding hydrogens is 1410 g/mol. The molecule has 3 aromatic heterocycles. The topological polar surface area (TPSA) is 14.8 Å². The maximum Gasteiger partial charge on any atom is 0.0725 e. The van der Waals surface area contributed by atoms with Gasteiger partial charge in [-0.25, -0.2) is 0 Å². The molecule has 17 aromatic carbocycles. The molecular formula is C114H91N3. The van der Waals surface area contributed by atoms with E-state index in [1.54, 1.807) is 0 Å². The fourth-order valence-electron chi connectivity index (χ4n) is 20.4. The van der Waals surface area contributed by atoms with Gasteiger partial charge in [0.2, 0.25) is 0 Å². The lowest BCUT2D eigenvalue weighted by molar-refractivity contribution is 0.791. The van der Waals surface area contributed by atoms with Crippen LogP contribution in [0.25, 0.3) is 127 Å². The minimum Gasteiger partial charge on any atom is -0.309 e. The van der Waals surface area contributed by atoms with Crippen LogP contribution in [0.5, 0.6) is 0 Å². The van der Waals surface area contributed by atoms with Crippen LogP contribution in [0.3, 0.4) is 0 Å². The molecule has 0 unspecified atom stereocenters. The van der Waals surface area contributed by atoms with E-state index < -0.39 is 0 Å². The molecule has 3 nitrogen and oxygen atoms in total. The minimum absolute atomic E-state index is 0.199. The van der Waals surface area contributed by atoms with Crippen molar-refractivity contribution in [2.24, 2.45) is 0 Å². The molecule has 0 aliphatic heterocycles. The van der Waals surface area contributed by atoms with Crippen molar-refractivity contribution in [1.29, 1.82) is 0 Å². The number of fused-ring (bicyclic) bond motifs is 29. The van der Waals surface area contributed by atoms with Crippen LogP contribution >= 0.6 is 0 Å². The van der Waals surface area contributed by atoms with Crippen LogP contribution in [-0.2, 0) is 10.8 Å². The number of rotatable bonds is 3. The second-order valence-electron chi connectivity index (χ2n) is 32.8. The molecule has 0 atom stereocenters. The number of para-hydroxylation sites is 4. The Morgan fingerprint density at radius 2 is 0.521 bits per heavy atom. The van der Waals surface area contributed by atoms with Gasteiger partial charge >= 0.3 is 0 Å². The van der Waals surface area contributed by atoms with E-state index in [1.807, 2.05) is 0 Å². The van der Waals surface area contributed by atoms with Crippen molar-refractivity contribution in [2.45, 2.75) is 80.1 Å². The lowest BCUT2D eigenvalue weighted by Crippen LogP contribution is -2.26. The van der Waals surface area contributed by atoms with Gasteiger partial charge in [-0.1, -0.05) is 319 Å². The summed E-state index contributed by atoms with van der Waals surface area (Å²) in [6, 6.07) is 135. The van der Waals surface area contributed by atoms with Crippen LogP contribution in [0.15, 0.2) is 370 Å². The van der Waals surface area contributed by atoms with Gasteiger partial charge in [0, 0.05) is 49.4 Å². The second kappa shape index (κ2) is 28.6. The SMILES string of the molecule is Cc1ccc(-n2c3ccccc3c3c(C)cccc32)cc1.Cc1ccc2c(c1)C1(c3ccccc3-c3ccccc31)c1cc(C)ccc1-2.Cc1ccc2c(c1)c1ccccc1n2-c1ccccc1C.Cc1cccc(-n2c3ccccc3c3cc(C)ccc32)c1.Cc1cccc2c1-c1ccccc1C21c2ccccc2-c2c(C)cccc21. The molecule has 20 aromatic rings. The number of aromatic nitrogens is 3. The van der Waals surface area contributed by atoms with E-state index in [9.17, 15) is 0 Å². The highest BCUT2D eigenvalue weighted by molar-refractivity contribution is 6.12. The third-order valence-corrected chi connectivity index (χ3v) is 25.4. The predicted molar refractivity (Wildman–Crippen MR) is 495 cm³/mol. The number of nitrogens with zero attached hydrogens (tertiary/aromatic N) is 3. The van der Waals surface area contributed by atoms with Crippen LogP contribution in [0.4, 0.5) is 0 Å². The van der Waals surface area contributed by atoms with E-state index >= 15 is 0 Å². The largest absolute Gasteiger partial charge is 0.309 e. The zero-order valence-electron chi connectivity index (χ0n) is 68.1. The molecule has 4 aliphatic rings. The van der Waals surface area contributed by atoms with Crippen molar-refractivity contribution in [1.82, 2.24) is 13.7 Å². The molecule has 0 saturated heterocycles. The van der Waals surface area contributed by atoms with Gasteiger partial charge in [-0.2, -0.15) is 0 Å². The Balaban J connectivity index is 0.0000000946. The lowest BCUT2D eigenvalue weighted by atomic mass is 9.70. The normalized spacial score (nSPS) is 12.8. The summed E-state index contributed by atoms with van der Waals surface area (Å²) in [4.78, 5) is 0. The summed E-state index contributed by atoms with van der Waals surface area (Å²) in [5.74, 6) is 0. The molecule has 0 saturated carbocycles. The molecule has 562 valence electrons. The molecule has 0 radical (unpaired) electrons. The fraction of sp³-hybridized carbons (Fsp3) is 0.105. The molecule has 3 heteroatoms. The summed E-state index contributed by atoms with van der Waals surface area (Å²) in [7, 11) is 0. The van der Waals surface area contributed by atoms with Crippen molar-refractivity contribution in [2.75, 3.05) is 0 Å². The third-order valence-electron chi connectivity index (χ3n) is 25.4. The highest BCUT2D eigenvalue weighted by Crippen LogP contribution is 2.65. The number of hydrogen-bond acceptors (Lipinski definition) is 0. The number of hydrogen-bond donors (Lipinski definition) is 0. The predicted octanol–water partition coefficient (Wildman–Crippen LogP) is 29.5. The Kier molecular flexibility index (Phi) is 17.6. The molecule has 2 spiro atoms. The van der Waals surface area contributed by atoms with Gasteiger partial charge in [-0.3, -0.25) is 0 Å². The summed E-state index contributed by atoms with van der Waals surface area (Å²) in [6.45, 7) is 21.8. The molecule has 24 rings (SSSR count). The van der Waals surface area contributed by atoms with E-state index in [2.05, 4.69) is 453 Å². The standard InChI is InChI=1S/2C27H20.3C20H17N/c1-17-9-7-15-23-25(17)19-11-3-5-13-21(19)27(23)22-14-6-4-12-20(22)26-18(2)10-8-16-24(26)27;1-17-11-13-21-22-14-12-18(2)16-26(22)27(25(21)15-17)23-9-5-3-7-19(23)20-8-4-6-10-24(20)27;1-14-11-12-20-17(13-14)16-8-4-6-10-19(16)21(20)18-9-5-3-7-15(18)2;1-14-6-5-7-16(12-14)21-19-9-4-3-8-17(19)18-13-15(2)10-11-20(18)21;1-14-10-12-16(13-11-14)21-18-8-4-3-7-17(18)20-15(2)6-5-9-19(20)21/h2*3-16H,1-2H3;3*3-13H,1-2H3. The second-order valence-corrected chi connectivity index (χ2v) is 32.8. The zero-order valence-corrected chi connectivity index (χ0v) is 68.1. The molecule has 3 heterocycles. The van der Waals surface area contributed by atoms with Gasteiger partial charge in [-0.15, -0.1) is 0 Å².